The predicted octanol–water partition coefficient (Wildman–Crippen LogP) is 6.65. The van der Waals surface area contributed by atoms with Crippen LogP contribution in [-0.2, 0) is 25.2 Å². The smallest absolute Gasteiger partial charge is 0.192 e. The van der Waals surface area contributed by atoms with Crippen LogP contribution in [0.5, 0.6) is 0 Å². The fraction of sp³-hybridized carbons (Fsp3) is 0.793. The van der Waals surface area contributed by atoms with Crippen LogP contribution in [-0.4, -0.2) is 50.7 Å². The van der Waals surface area contributed by atoms with Crippen molar-refractivity contribution in [3.8, 4) is 0 Å². The summed E-state index contributed by atoms with van der Waals surface area (Å²) in [5.41, 5.74) is 1.18. The average Bonchev–Trinajstić information content (AvgIpc) is 2.77. The highest BCUT2D eigenvalue weighted by Crippen LogP contribution is 2.43. The maximum atomic E-state index is 10.1. The quantitative estimate of drug-likeness (QED) is 0.339. The van der Waals surface area contributed by atoms with E-state index in [2.05, 4.69) is 73.7 Å². The molecule has 1 aliphatic heterocycles. The van der Waals surface area contributed by atoms with Crippen molar-refractivity contribution >= 4 is 8.32 Å². The van der Waals surface area contributed by atoms with Crippen LogP contribution >= 0.6 is 0 Å². The number of hydrogen-bond acceptors (Lipinski definition) is 5. The van der Waals surface area contributed by atoms with Crippen molar-refractivity contribution in [3.63, 3.8) is 0 Å². The van der Waals surface area contributed by atoms with Crippen molar-refractivity contribution in [2.75, 3.05) is 13.2 Å². The van der Waals surface area contributed by atoms with Crippen LogP contribution in [0.15, 0.2) is 30.3 Å². The van der Waals surface area contributed by atoms with Crippen LogP contribution in [0.25, 0.3) is 0 Å². The van der Waals surface area contributed by atoms with E-state index in [1.54, 1.807) is 0 Å². The first-order valence-corrected chi connectivity index (χ1v) is 16.3. The van der Waals surface area contributed by atoms with E-state index in [1.807, 2.05) is 32.0 Å². The van der Waals surface area contributed by atoms with Gasteiger partial charge in [0.2, 0.25) is 0 Å². The van der Waals surface area contributed by atoms with E-state index in [9.17, 15) is 5.11 Å². The highest BCUT2D eigenvalue weighted by molar-refractivity contribution is 6.74. The molecule has 0 aromatic heterocycles. The van der Waals surface area contributed by atoms with Crippen LogP contribution in [0.4, 0.5) is 0 Å². The van der Waals surface area contributed by atoms with Crippen molar-refractivity contribution in [2.45, 2.75) is 111 Å². The van der Waals surface area contributed by atoms with Gasteiger partial charge < -0.3 is 23.7 Å². The summed E-state index contributed by atoms with van der Waals surface area (Å²) in [6.07, 6.45) is -0.142. The standard InChI is InChI=1S/C29H52O5Si/c1-20(17-30)26(34-35(10,11)28(5,6)7)23(4)27-22(3)25(32-29(8,9)33-27)21(2)18-31-19-24-15-13-12-14-16-24/h12-16,20-23,25-27,30H,17-19H2,1-11H3/t20-,21+,22-,23+,25+,26-,27-/m1/s1. The summed E-state index contributed by atoms with van der Waals surface area (Å²) in [5, 5.41) is 10.2. The molecule has 0 aliphatic carbocycles. The number of benzene rings is 1. The van der Waals surface area contributed by atoms with Gasteiger partial charge in [-0.2, -0.15) is 0 Å². The van der Waals surface area contributed by atoms with Crippen molar-refractivity contribution in [3.05, 3.63) is 35.9 Å². The highest BCUT2D eigenvalue weighted by Gasteiger charge is 2.49. The summed E-state index contributed by atoms with van der Waals surface area (Å²) < 4.78 is 26.0. The molecule has 5 nitrogen and oxygen atoms in total. The molecule has 1 aromatic carbocycles. The van der Waals surface area contributed by atoms with E-state index in [0.717, 1.165) is 0 Å². The third-order valence-electron chi connectivity index (χ3n) is 8.05. The van der Waals surface area contributed by atoms with E-state index in [-0.39, 0.29) is 53.6 Å². The summed E-state index contributed by atoms with van der Waals surface area (Å²) in [6.45, 7) is 25.4. The number of aliphatic hydroxyl groups excluding tert-OH is 1. The molecule has 0 saturated carbocycles. The minimum Gasteiger partial charge on any atom is -0.413 e. The van der Waals surface area contributed by atoms with Crippen molar-refractivity contribution in [1.82, 2.24) is 0 Å². The first-order chi connectivity index (χ1) is 16.1. The molecule has 1 saturated heterocycles. The third-order valence-corrected chi connectivity index (χ3v) is 12.5. The van der Waals surface area contributed by atoms with E-state index in [0.29, 0.717) is 13.2 Å². The zero-order valence-corrected chi connectivity index (χ0v) is 25.1. The Bertz CT molecular complexity index is 760. The molecule has 202 valence electrons. The first kappa shape index (κ1) is 30.5. The Morgan fingerprint density at radius 3 is 2.14 bits per heavy atom. The van der Waals surface area contributed by atoms with E-state index in [1.165, 1.54) is 5.56 Å². The van der Waals surface area contributed by atoms with Gasteiger partial charge in [0.05, 0.1) is 31.5 Å². The largest absolute Gasteiger partial charge is 0.413 e. The molecular formula is C29H52O5Si. The Hall–Kier alpha value is -0.763. The van der Waals surface area contributed by atoms with Crippen LogP contribution in [0.3, 0.4) is 0 Å². The molecule has 0 radical (unpaired) electrons. The second kappa shape index (κ2) is 12.2. The molecule has 0 amide bonds. The Morgan fingerprint density at radius 1 is 1.03 bits per heavy atom. The molecule has 1 N–H and O–H groups in total. The fourth-order valence-corrected chi connectivity index (χ4v) is 6.37. The molecule has 0 spiro atoms. The zero-order chi connectivity index (χ0) is 26.6. The number of rotatable bonds is 11. The van der Waals surface area contributed by atoms with Crippen LogP contribution < -0.4 is 0 Å². The maximum Gasteiger partial charge on any atom is 0.192 e. The van der Waals surface area contributed by atoms with Crippen molar-refractivity contribution < 1.29 is 23.7 Å². The van der Waals surface area contributed by atoms with E-state index >= 15 is 0 Å². The Balaban J connectivity index is 2.18. The Kier molecular flexibility index (Phi) is 10.6. The van der Waals surface area contributed by atoms with Crippen molar-refractivity contribution in [1.29, 1.82) is 0 Å². The molecule has 0 bridgehead atoms. The molecule has 1 aromatic rings. The van der Waals surface area contributed by atoms with E-state index < -0.39 is 14.1 Å². The lowest BCUT2D eigenvalue weighted by Crippen LogP contribution is -2.58. The molecule has 7 atom stereocenters. The molecule has 1 aliphatic rings. The van der Waals surface area contributed by atoms with Gasteiger partial charge in [-0.05, 0) is 37.5 Å². The summed E-state index contributed by atoms with van der Waals surface area (Å²) in [7, 11) is -2.04. The summed E-state index contributed by atoms with van der Waals surface area (Å²) in [5.74, 6) is -0.213. The number of hydrogen-bond donors (Lipinski definition) is 1. The molecule has 1 heterocycles. The number of aliphatic hydroxyl groups is 1. The topological polar surface area (TPSA) is 57.2 Å². The Labute approximate surface area is 216 Å². The normalized spacial score (nSPS) is 26.7. The fourth-order valence-electron chi connectivity index (χ4n) is 4.89. The van der Waals surface area contributed by atoms with Gasteiger partial charge in [-0.1, -0.05) is 78.8 Å². The minimum absolute atomic E-state index is 0.0000674. The highest BCUT2D eigenvalue weighted by atomic mass is 28.4. The van der Waals surface area contributed by atoms with Crippen LogP contribution in [0.1, 0.15) is 67.9 Å². The van der Waals surface area contributed by atoms with Crippen molar-refractivity contribution in [2.24, 2.45) is 23.7 Å². The molecular weight excluding hydrogens is 456 g/mol. The molecule has 6 heteroatoms. The lowest BCUT2D eigenvalue weighted by Gasteiger charge is -2.51. The lowest BCUT2D eigenvalue weighted by molar-refractivity contribution is -0.339. The predicted molar refractivity (Wildman–Crippen MR) is 146 cm³/mol. The summed E-state index contributed by atoms with van der Waals surface area (Å²) >= 11 is 0. The third kappa shape index (κ3) is 8.11. The van der Waals surface area contributed by atoms with E-state index in [4.69, 9.17) is 18.6 Å². The lowest BCUT2D eigenvalue weighted by atomic mass is 9.78. The van der Waals surface area contributed by atoms with Gasteiger partial charge >= 0.3 is 0 Å². The summed E-state index contributed by atoms with van der Waals surface area (Å²) in [6, 6.07) is 10.3. The average molecular weight is 509 g/mol. The van der Waals surface area contributed by atoms with Gasteiger partial charge in [0, 0.05) is 30.3 Å². The first-order valence-electron chi connectivity index (χ1n) is 13.4. The number of ether oxygens (including phenoxy) is 3. The second-order valence-corrected chi connectivity index (χ2v) is 17.5. The van der Waals surface area contributed by atoms with Gasteiger partial charge in [0.1, 0.15) is 0 Å². The monoisotopic (exact) mass is 508 g/mol. The van der Waals surface area contributed by atoms with Gasteiger partial charge in [0.25, 0.3) is 0 Å². The van der Waals surface area contributed by atoms with Gasteiger partial charge in [-0.15, -0.1) is 0 Å². The van der Waals surface area contributed by atoms with Gasteiger partial charge in [-0.3, -0.25) is 0 Å². The molecule has 2 rings (SSSR count). The Morgan fingerprint density at radius 2 is 1.60 bits per heavy atom. The molecule has 35 heavy (non-hydrogen) atoms. The van der Waals surface area contributed by atoms with Gasteiger partial charge in [-0.25, -0.2) is 0 Å². The maximum absolute atomic E-state index is 10.1. The molecule has 0 unspecified atom stereocenters. The van der Waals surface area contributed by atoms with Crippen LogP contribution in [0.2, 0.25) is 18.1 Å². The second-order valence-electron chi connectivity index (χ2n) is 12.8. The SMILES string of the molecule is C[C@H]([C@@H]1OC(C)(C)O[C@@H]([C@@H](C)COCc2ccccc2)[C@H]1C)[C@H](O[Si](C)(C)C(C)(C)C)[C@H](C)CO. The summed E-state index contributed by atoms with van der Waals surface area (Å²) in [4.78, 5) is 0. The van der Waals surface area contributed by atoms with Crippen LogP contribution in [0, 0.1) is 23.7 Å². The zero-order valence-electron chi connectivity index (χ0n) is 24.1. The minimum atomic E-state index is -2.04. The van der Waals surface area contributed by atoms with Gasteiger partial charge in [0.15, 0.2) is 14.1 Å². The molecule has 1 fully saturated rings.